The second-order valence-corrected chi connectivity index (χ2v) is 37.3. The molecule has 6 heteroatoms. The fourth-order valence-electron chi connectivity index (χ4n) is 0.605. The first kappa shape index (κ1) is 13.5. The molecule has 0 aliphatic carbocycles. The van der Waals surface area contributed by atoms with E-state index in [0.717, 1.165) is 0 Å². The first-order valence-electron chi connectivity index (χ1n) is 2.89. The van der Waals surface area contributed by atoms with Gasteiger partial charge in [0, 0.05) is 6.00 Å². The van der Waals surface area contributed by atoms with Crippen molar-refractivity contribution in [3.05, 3.63) is 12.2 Å². The zero-order chi connectivity index (χ0) is 8.85. The van der Waals surface area contributed by atoms with Gasteiger partial charge in [-0.2, -0.15) is 0 Å². The van der Waals surface area contributed by atoms with E-state index in [1.807, 2.05) is 19.1 Å². The van der Waals surface area contributed by atoms with Crippen LogP contribution in [-0.2, 0) is 9.66 Å². The normalized spacial score (nSPS) is 28.5. The third-order valence-electron chi connectivity index (χ3n) is 0.944. The molecule has 62 valence electrons. The van der Waals surface area contributed by atoms with Gasteiger partial charge in [0.05, 0.1) is 6.10 Å². The van der Waals surface area contributed by atoms with Crippen LogP contribution in [0.5, 0.6) is 0 Å². The zero-order valence-electron chi connectivity index (χ0n) is 5.88. The van der Waals surface area contributed by atoms with Crippen molar-refractivity contribution in [2.45, 2.75) is 19.0 Å². The molecule has 1 aliphatic heterocycles. The maximum absolute atomic E-state index is 5.32. The summed E-state index contributed by atoms with van der Waals surface area (Å²) in [4.78, 5) is -0.278. The summed E-state index contributed by atoms with van der Waals surface area (Å²) in [5, 5.41) is 0. The van der Waals surface area contributed by atoms with Gasteiger partial charge in [-0.3, -0.25) is 0 Å². The summed E-state index contributed by atoms with van der Waals surface area (Å²) in [6, 6.07) is -0.157. The molecule has 2 unspecified atom stereocenters. The Hall–Kier alpha value is 2.54. The molecule has 0 amide bonds. The fraction of sp³-hybridized carbons (Fsp3) is 0.600. The van der Waals surface area contributed by atoms with Gasteiger partial charge in [0.25, 0.3) is 0 Å². The topological polar surface area (TPSA) is 9.23 Å². The Kier molecular flexibility index (Phi) is 9.72. The van der Waals surface area contributed by atoms with Crippen molar-refractivity contribution >= 4 is 67.8 Å². The number of halogens is 3. The molecule has 0 saturated heterocycles. The van der Waals surface area contributed by atoms with Crippen molar-refractivity contribution in [2.75, 3.05) is 0 Å². The molecule has 1 rings (SSSR count). The van der Waals surface area contributed by atoms with Crippen LogP contribution in [0, 0.1) is 0 Å². The molecule has 1 aliphatic rings. The van der Waals surface area contributed by atoms with Crippen LogP contribution < -0.4 is 0 Å². The van der Waals surface area contributed by atoms with Crippen LogP contribution in [0.4, 0.5) is 0 Å². The molecule has 1 heterocycles. The first-order chi connectivity index (χ1) is 5.02. The Morgan fingerprint density at radius 1 is 1.36 bits per heavy atom. The summed E-state index contributed by atoms with van der Waals surface area (Å²) in [7, 11) is 5.32. The number of ether oxygens (including phenoxy) is 1. The molecule has 0 bridgehead atoms. The van der Waals surface area contributed by atoms with Crippen LogP contribution >= 0.6 is 59.9 Å². The van der Waals surface area contributed by atoms with Crippen LogP contribution in [0.25, 0.3) is 0 Å². The minimum atomic E-state index is -0.278. The van der Waals surface area contributed by atoms with Gasteiger partial charge in [-0.1, -0.05) is 12.2 Å². The van der Waals surface area contributed by atoms with Crippen molar-refractivity contribution in [1.29, 1.82) is 0 Å². The Balaban J connectivity index is 0.000000218. The number of hydrogen-bond donors (Lipinski definition) is 0. The van der Waals surface area contributed by atoms with Gasteiger partial charge in [-0.15, -0.1) is 0 Å². The van der Waals surface area contributed by atoms with Gasteiger partial charge in [-0.25, -0.2) is 0 Å². The van der Waals surface area contributed by atoms with E-state index in [4.69, 9.17) is 12.6 Å². The van der Waals surface area contributed by atoms with Gasteiger partial charge >= 0.3 is 64.9 Å². The van der Waals surface area contributed by atoms with Crippen molar-refractivity contribution < 1.29 is 9.66 Å². The third-order valence-corrected chi connectivity index (χ3v) is 0.944. The Labute approximate surface area is 107 Å². The van der Waals surface area contributed by atoms with E-state index >= 15 is 0 Å². The quantitative estimate of drug-likeness (QED) is 0.268. The monoisotopic (exact) mass is 526 g/mol. The van der Waals surface area contributed by atoms with E-state index < -0.39 is 0 Å². The summed E-state index contributed by atoms with van der Waals surface area (Å²) >= 11 is 7.39. The molecule has 2 radical (unpaired) electrons. The SMILES string of the molecule is [B]C1C=CC(C)O1.[I][V]([I])[I]. The molecule has 1 nitrogen and oxygen atoms in total. The summed E-state index contributed by atoms with van der Waals surface area (Å²) in [6.07, 6.45) is 4.02. The molecule has 11 heavy (non-hydrogen) atoms. The van der Waals surface area contributed by atoms with Gasteiger partial charge < -0.3 is 4.74 Å². The van der Waals surface area contributed by atoms with Crippen molar-refractivity contribution in [1.82, 2.24) is 0 Å². The molecule has 0 aromatic rings. The maximum atomic E-state index is 5.32. The summed E-state index contributed by atoms with van der Waals surface area (Å²) in [6.45, 7) is 1.96. The van der Waals surface area contributed by atoms with Gasteiger partial charge in [0.15, 0.2) is 0 Å². The van der Waals surface area contributed by atoms with Gasteiger partial charge in [0.1, 0.15) is 7.85 Å². The Bertz CT molecular complexity index is 120. The number of hydrogen-bond acceptors (Lipinski definition) is 1. The average Bonchev–Trinajstić information content (AvgIpc) is 2.13. The zero-order valence-corrected chi connectivity index (χ0v) is 13.7. The average molecular weight is 526 g/mol. The first-order valence-corrected chi connectivity index (χ1v) is 16.4. The van der Waals surface area contributed by atoms with E-state index in [0.29, 0.717) is 0 Å². The molecule has 0 spiro atoms. The van der Waals surface area contributed by atoms with Crippen LogP contribution in [0.1, 0.15) is 6.92 Å². The molecule has 0 aromatic heterocycles. The fourth-order valence-corrected chi connectivity index (χ4v) is 0.605. The molecule has 0 saturated carbocycles. The summed E-state index contributed by atoms with van der Waals surface area (Å²) in [5.41, 5.74) is 0. The third kappa shape index (κ3) is 10.5. The molecule has 2 atom stereocenters. The molecule has 0 N–H and O–H groups in total. The van der Waals surface area contributed by atoms with Gasteiger partial charge in [-0.05, 0) is 6.92 Å². The van der Waals surface area contributed by atoms with Crippen molar-refractivity contribution in [3.63, 3.8) is 0 Å². The van der Waals surface area contributed by atoms with Crippen LogP contribution in [0.15, 0.2) is 12.2 Å². The molecular formula is C5H7BI3OV. The summed E-state index contributed by atoms with van der Waals surface area (Å²) < 4.78 is 5.03. The molecule has 0 fully saturated rings. The summed E-state index contributed by atoms with van der Waals surface area (Å²) in [5.74, 6) is 0. The molecule has 0 aromatic carbocycles. The predicted molar refractivity (Wildman–Crippen MR) is 71.3 cm³/mol. The number of rotatable bonds is 0. The van der Waals surface area contributed by atoms with Crippen LogP contribution in [-0.4, -0.2) is 20.0 Å². The second kappa shape index (κ2) is 7.90. The Morgan fingerprint density at radius 3 is 1.91 bits per heavy atom. The van der Waals surface area contributed by atoms with E-state index in [-0.39, 0.29) is 17.0 Å². The van der Waals surface area contributed by atoms with Crippen LogP contribution in [0.2, 0.25) is 0 Å². The molecular weight excluding hydrogens is 519 g/mol. The van der Waals surface area contributed by atoms with Crippen molar-refractivity contribution in [2.24, 2.45) is 0 Å². The van der Waals surface area contributed by atoms with Gasteiger partial charge in [0.2, 0.25) is 0 Å². The van der Waals surface area contributed by atoms with E-state index in [9.17, 15) is 0 Å². The van der Waals surface area contributed by atoms with E-state index in [2.05, 4.69) is 59.9 Å². The minimum absolute atomic E-state index is 0.157. The standard InChI is InChI=1S/C5H7BO.3HI.V/c1-4-2-3-5(6)7-4;;;;/h2-5H,1H3;3*1H;/q;;;;+3/p-3. The van der Waals surface area contributed by atoms with E-state index in [1.54, 1.807) is 0 Å². The van der Waals surface area contributed by atoms with E-state index in [1.165, 1.54) is 0 Å². The predicted octanol–water partition coefficient (Wildman–Crippen LogP) is 3.11. The second-order valence-electron chi connectivity index (χ2n) is 1.88. The Morgan fingerprint density at radius 2 is 1.82 bits per heavy atom. The van der Waals surface area contributed by atoms with Crippen LogP contribution in [0.3, 0.4) is 0 Å². The van der Waals surface area contributed by atoms with Crippen molar-refractivity contribution in [3.8, 4) is 0 Å².